The summed E-state index contributed by atoms with van der Waals surface area (Å²) in [4.78, 5) is 25.9. The number of nitrogens with one attached hydrogen (secondary N) is 2. The van der Waals surface area contributed by atoms with E-state index in [0.717, 1.165) is 0 Å². The average molecular weight is 397 g/mol. The van der Waals surface area contributed by atoms with E-state index in [0.29, 0.717) is 51.1 Å². The van der Waals surface area contributed by atoms with Crippen molar-refractivity contribution in [3.63, 3.8) is 0 Å². The molecule has 1 saturated heterocycles. The van der Waals surface area contributed by atoms with Crippen LogP contribution in [0.2, 0.25) is 0 Å². The summed E-state index contributed by atoms with van der Waals surface area (Å²) < 4.78 is 31.9. The standard InChI is InChI=1S/C18H27N3O5S/c1-3-10-19-27(24,25)16-7-5-6-14(13-16)17(22)20-15-8-11-21(12-9-15)18(23)26-4-2/h5-7,13,15,19H,3-4,8-12H2,1-2H3,(H,20,22). The van der Waals surface area contributed by atoms with E-state index in [1.807, 2.05) is 6.92 Å². The minimum Gasteiger partial charge on any atom is -0.450 e. The van der Waals surface area contributed by atoms with Gasteiger partial charge in [-0.2, -0.15) is 0 Å². The van der Waals surface area contributed by atoms with Crippen LogP contribution < -0.4 is 10.0 Å². The van der Waals surface area contributed by atoms with Gasteiger partial charge in [-0.1, -0.05) is 13.0 Å². The van der Waals surface area contributed by atoms with Gasteiger partial charge < -0.3 is 15.0 Å². The third-order valence-corrected chi connectivity index (χ3v) is 5.76. The highest BCUT2D eigenvalue weighted by atomic mass is 32.2. The Bertz CT molecular complexity index is 758. The lowest BCUT2D eigenvalue weighted by Crippen LogP contribution is -2.46. The van der Waals surface area contributed by atoms with E-state index in [1.165, 1.54) is 12.1 Å². The molecule has 0 atom stereocenters. The first kappa shape index (κ1) is 21.2. The second-order valence-corrected chi connectivity index (χ2v) is 8.13. The van der Waals surface area contributed by atoms with Crippen LogP contribution in [0.1, 0.15) is 43.5 Å². The predicted octanol–water partition coefficient (Wildman–Crippen LogP) is 1.73. The van der Waals surface area contributed by atoms with E-state index in [4.69, 9.17) is 4.74 Å². The number of ether oxygens (including phenoxy) is 1. The van der Waals surface area contributed by atoms with Crippen LogP contribution in [0.5, 0.6) is 0 Å². The van der Waals surface area contributed by atoms with Crippen LogP contribution >= 0.6 is 0 Å². The minimum atomic E-state index is -3.62. The number of benzene rings is 1. The Morgan fingerprint density at radius 1 is 1.22 bits per heavy atom. The average Bonchev–Trinajstić information content (AvgIpc) is 2.67. The van der Waals surface area contributed by atoms with Crippen molar-refractivity contribution in [1.82, 2.24) is 14.9 Å². The van der Waals surface area contributed by atoms with E-state index < -0.39 is 10.0 Å². The number of piperidine rings is 1. The molecule has 2 amide bonds. The molecule has 0 aliphatic carbocycles. The Hall–Kier alpha value is -2.13. The summed E-state index contributed by atoms with van der Waals surface area (Å²) >= 11 is 0. The Kier molecular flexibility index (Phi) is 7.61. The Balaban J connectivity index is 1.95. The van der Waals surface area contributed by atoms with Crippen LogP contribution in [0, 0.1) is 0 Å². The van der Waals surface area contributed by atoms with E-state index in [9.17, 15) is 18.0 Å². The number of rotatable bonds is 7. The number of sulfonamides is 1. The maximum atomic E-state index is 12.5. The molecule has 150 valence electrons. The second kappa shape index (κ2) is 9.70. The molecule has 0 spiro atoms. The van der Waals surface area contributed by atoms with Gasteiger partial charge in [-0.25, -0.2) is 17.9 Å². The van der Waals surface area contributed by atoms with Crippen LogP contribution in [-0.4, -0.2) is 57.6 Å². The van der Waals surface area contributed by atoms with Crippen LogP contribution in [0.4, 0.5) is 4.79 Å². The van der Waals surface area contributed by atoms with Crippen LogP contribution in [0.15, 0.2) is 29.2 Å². The lowest BCUT2D eigenvalue weighted by molar-refractivity contribution is 0.0860. The number of hydrogen-bond donors (Lipinski definition) is 2. The highest BCUT2D eigenvalue weighted by Crippen LogP contribution is 2.15. The fourth-order valence-electron chi connectivity index (χ4n) is 2.81. The van der Waals surface area contributed by atoms with Crippen LogP contribution in [0.3, 0.4) is 0 Å². The normalized spacial score (nSPS) is 15.4. The molecule has 1 heterocycles. The molecule has 27 heavy (non-hydrogen) atoms. The van der Waals surface area contributed by atoms with E-state index >= 15 is 0 Å². The molecule has 1 fully saturated rings. The van der Waals surface area contributed by atoms with Gasteiger partial charge in [0.1, 0.15) is 0 Å². The van der Waals surface area contributed by atoms with Gasteiger partial charge in [0.25, 0.3) is 5.91 Å². The van der Waals surface area contributed by atoms with Crippen molar-refractivity contribution < 1.29 is 22.7 Å². The van der Waals surface area contributed by atoms with Gasteiger partial charge in [0.05, 0.1) is 11.5 Å². The maximum absolute atomic E-state index is 12.5. The molecule has 0 unspecified atom stereocenters. The van der Waals surface area contributed by atoms with E-state index in [1.54, 1.807) is 24.0 Å². The molecule has 0 radical (unpaired) electrons. The summed E-state index contributed by atoms with van der Waals surface area (Å²) in [6.07, 6.45) is 1.60. The summed E-state index contributed by atoms with van der Waals surface area (Å²) in [5, 5.41) is 2.92. The molecule has 1 aromatic rings. The SMILES string of the molecule is CCCNS(=O)(=O)c1cccc(C(=O)NC2CCN(C(=O)OCC)CC2)c1. The lowest BCUT2D eigenvalue weighted by Gasteiger charge is -2.31. The van der Waals surface area contributed by atoms with E-state index in [-0.39, 0.29) is 22.9 Å². The predicted molar refractivity (Wildman–Crippen MR) is 101 cm³/mol. The van der Waals surface area contributed by atoms with Gasteiger partial charge in [0.15, 0.2) is 0 Å². The summed E-state index contributed by atoms with van der Waals surface area (Å²) in [7, 11) is -3.62. The van der Waals surface area contributed by atoms with Crippen molar-refractivity contribution in [2.24, 2.45) is 0 Å². The third kappa shape index (κ3) is 5.93. The van der Waals surface area contributed by atoms with Gasteiger partial charge in [0, 0.05) is 31.2 Å². The smallest absolute Gasteiger partial charge is 0.409 e. The van der Waals surface area contributed by atoms with Gasteiger partial charge in [-0.15, -0.1) is 0 Å². The zero-order chi connectivity index (χ0) is 19.9. The largest absolute Gasteiger partial charge is 0.450 e. The van der Waals surface area contributed by atoms with Gasteiger partial charge in [-0.3, -0.25) is 4.79 Å². The Morgan fingerprint density at radius 2 is 1.93 bits per heavy atom. The van der Waals surface area contributed by atoms with Crippen molar-refractivity contribution in [2.45, 2.75) is 44.0 Å². The zero-order valence-electron chi connectivity index (χ0n) is 15.7. The quantitative estimate of drug-likeness (QED) is 0.729. The molecule has 2 N–H and O–H groups in total. The first-order valence-corrected chi connectivity index (χ1v) is 10.7. The Labute approximate surface area is 160 Å². The number of hydrogen-bond acceptors (Lipinski definition) is 5. The summed E-state index contributed by atoms with van der Waals surface area (Å²) in [5.74, 6) is -0.322. The molecule has 0 aromatic heterocycles. The highest BCUT2D eigenvalue weighted by Gasteiger charge is 2.25. The molecule has 1 aliphatic heterocycles. The first-order chi connectivity index (χ1) is 12.9. The third-order valence-electron chi connectivity index (χ3n) is 4.30. The fourth-order valence-corrected chi connectivity index (χ4v) is 3.99. The van der Waals surface area contributed by atoms with Gasteiger partial charge in [-0.05, 0) is 44.4 Å². The molecule has 8 nitrogen and oxygen atoms in total. The van der Waals surface area contributed by atoms with E-state index in [2.05, 4.69) is 10.0 Å². The number of carbonyl (C=O) groups excluding carboxylic acids is 2. The maximum Gasteiger partial charge on any atom is 0.409 e. The number of carbonyl (C=O) groups is 2. The van der Waals surface area contributed by atoms with Crippen molar-refractivity contribution in [3.05, 3.63) is 29.8 Å². The molecule has 9 heteroatoms. The number of nitrogens with zero attached hydrogens (tertiary/aromatic N) is 1. The highest BCUT2D eigenvalue weighted by molar-refractivity contribution is 7.89. The molecule has 0 bridgehead atoms. The van der Waals surface area contributed by atoms with Crippen molar-refractivity contribution >= 4 is 22.0 Å². The van der Waals surface area contributed by atoms with Gasteiger partial charge >= 0.3 is 6.09 Å². The Morgan fingerprint density at radius 3 is 2.56 bits per heavy atom. The van der Waals surface area contributed by atoms with Crippen molar-refractivity contribution in [2.75, 3.05) is 26.2 Å². The van der Waals surface area contributed by atoms with Crippen molar-refractivity contribution in [1.29, 1.82) is 0 Å². The molecule has 2 rings (SSSR count). The minimum absolute atomic E-state index is 0.0679. The monoisotopic (exact) mass is 397 g/mol. The lowest BCUT2D eigenvalue weighted by atomic mass is 10.0. The fraction of sp³-hybridized carbons (Fsp3) is 0.556. The molecular formula is C18H27N3O5S. The number of amides is 2. The molecular weight excluding hydrogens is 370 g/mol. The van der Waals surface area contributed by atoms with Gasteiger partial charge in [0.2, 0.25) is 10.0 Å². The number of likely N-dealkylation sites (tertiary alicyclic amines) is 1. The first-order valence-electron chi connectivity index (χ1n) is 9.19. The summed E-state index contributed by atoms with van der Waals surface area (Å²) in [6.45, 7) is 5.34. The molecule has 1 aliphatic rings. The zero-order valence-corrected chi connectivity index (χ0v) is 16.5. The van der Waals surface area contributed by atoms with Crippen LogP contribution in [0.25, 0.3) is 0 Å². The second-order valence-electron chi connectivity index (χ2n) is 6.36. The molecule has 0 saturated carbocycles. The summed E-state index contributed by atoms with van der Waals surface area (Å²) in [6, 6.07) is 5.91. The summed E-state index contributed by atoms with van der Waals surface area (Å²) in [5.41, 5.74) is 0.294. The van der Waals surface area contributed by atoms with Crippen molar-refractivity contribution in [3.8, 4) is 0 Å². The van der Waals surface area contributed by atoms with Crippen LogP contribution in [-0.2, 0) is 14.8 Å². The molecule has 1 aromatic carbocycles. The topological polar surface area (TPSA) is 105 Å².